The average Bonchev–Trinajstić information content (AvgIpc) is 2.26. The fourth-order valence-electron chi connectivity index (χ4n) is 2.08. The van der Waals surface area contributed by atoms with Crippen LogP contribution in [-0.2, 0) is 4.79 Å². The van der Waals surface area contributed by atoms with Crippen LogP contribution >= 0.6 is 0 Å². The molecule has 0 radical (unpaired) electrons. The first kappa shape index (κ1) is 12.0. The average molecular weight is 233 g/mol. The van der Waals surface area contributed by atoms with Gasteiger partial charge in [0.1, 0.15) is 11.9 Å². The van der Waals surface area contributed by atoms with Crippen LogP contribution in [0, 0.1) is 5.92 Å². The molecule has 1 aliphatic heterocycles. The van der Waals surface area contributed by atoms with Crippen LogP contribution in [0.3, 0.4) is 0 Å². The third kappa shape index (κ3) is 2.60. The van der Waals surface area contributed by atoms with Crippen molar-refractivity contribution in [3.8, 4) is 5.75 Å². The van der Waals surface area contributed by atoms with Crippen LogP contribution in [0.2, 0.25) is 0 Å². The molecule has 0 saturated carbocycles. The molecule has 1 aromatic rings. The van der Waals surface area contributed by atoms with Gasteiger partial charge in [-0.05, 0) is 25.0 Å². The fourth-order valence-corrected chi connectivity index (χ4v) is 2.08. The zero-order valence-corrected chi connectivity index (χ0v) is 10.6. The second-order valence-electron chi connectivity index (χ2n) is 5.00. The number of carbonyl (C=O) groups excluding carboxylic acids is 1. The van der Waals surface area contributed by atoms with Crippen LogP contribution < -0.4 is 9.64 Å². The van der Waals surface area contributed by atoms with E-state index in [0.717, 1.165) is 11.4 Å². The van der Waals surface area contributed by atoms with Crippen molar-refractivity contribution in [3.63, 3.8) is 0 Å². The summed E-state index contributed by atoms with van der Waals surface area (Å²) in [6, 6.07) is 7.73. The number of benzene rings is 1. The molecule has 0 fully saturated rings. The Bertz CT molecular complexity index is 414. The molecule has 1 heterocycles. The number of rotatable bonds is 2. The minimum absolute atomic E-state index is 0.0565. The summed E-state index contributed by atoms with van der Waals surface area (Å²) in [4.78, 5) is 14.0. The first-order valence-electron chi connectivity index (χ1n) is 6.14. The summed E-state index contributed by atoms with van der Waals surface area (Å²) in [6.45, 7) is 6.76. The standard InChI is InChI=1S/C14H19NO2/c1-10(2)8-14(16)15-9-11(3)17-13-7-5-4-6-12(13)15/h4-7,10-11H,8-9H2,1-3H3. The molecule has 0 N–H and O–H groups in total. The molecular formula is C14H19NO2. The molecule has 1 aliphatic rings. The van der Waals surface area contributed by atoms with Crippen LogP contribution in [0.25, 0.3) is 0 Å². The highest BCUT2D eigenvalue weighted by molar-refractivity contribution is 5.95. The van der Waals surface area contributed by atoms with Gasteiger partial charge in [-0.2, -0.15) is 0 Å². The zero-order chi connectivity index (χ0) is 12.4. The second-order valence-corrected chi connectivity index (χ2v) is 5.00. The Labute approximate surface area is 102 Å². The molecule has 3 heteroatoms. The van der Waals surface area contributed by atoms with Gasteiger partial charge in [-0.3, -0.25) is 4.79 Å². The number of hydrogen-bond donors (Lipinski definition) is 0. The molecule has 17 heavy (non-hydrogen) atoms. The van der Waals surface area contributed by atoms with Crippen molar-refractivity contribution in [2.45, 2.75) is 33.3 Å². The Hall–Kier alpha value is -1.51. The van der Waals surface area contributed by atoms with Gasteiger partial charge >= 0.3 is 0 Å². The van der Waals surface area contributed by atoms with E-state index >= 15 is 0 Å². The number of hydrogen-bond acceptors (Lipinski definition) is 2. The predicted octanol–water partition coefficient (Wildman–Crippen LogP) is 2.85. The quantitative estimate of drug-likeness (QED) is 0.786. The third-order valence-electron chi connectivity index (χ3n) is 2.81. The van der Waals surface area contributed by atoms with Crippen molar-refractivity contribution in [1.29, 1.82) is 0 Å². The Kier molecular flexibility index (Phi) is 3.36. The van der Waals surface area contributed by atoms with E-state index in [2.05, 4.69) is 13.8 Å². The van der Waals surface area contributed by atoms with Crippen LogP contribution in [0.1, 0.15) is 27.2 Å². The maximum absolute atomic E-state index is 12.2. The predicted molar refractivity (Wildman–Crippen MR) is 68.3 cm³/mol. The summed E-state index contributed by atoms with van der Waals surface area (Å²) in [5, 5.41) is 0. The molecule has 1 unspecified atom stereocenters. The van der Waals surface area contributed by atoms with Gasteiger partial charge in [-0.25, -0.2) is 0 Å². The normalized spacial score (nSPS) is 18.8. The summed E-state index contributed by atoms with van der Waals surface area (Å²) in [5.41, 5.74) is 0.899. The molecule has 92 valence electrons. The molecule has 2 rings (SSSR count). The van der Waals surface area contributed by atoms with Gasteiger partial charge in [-0.15, -0.1) is 0 Å². The molecule has 0 aromatic heterocycles. The number of anilines is 1. The minimum atomic E-state index is 0.0565. The number of amides is 1. The van der Waals surface area contributed by atoms with Crippen molar-refractivity contribution in [2.24, 2.45) is 5.92 Å². The Morgan fingerprint density at radius 2 is 2.18 bits per heavy atom. The smallest absolute Gasteiger partial charge is 0.227 e. The summed E-state index contributed by atoms with van der Waals surface area (Å²) < 4.78 is 5.72. The molecule has 1 amide bonds. The monoisotopic (exact) mass is 233 g/mol. The second kappa shape index (κ2) is 4.78. The highest BCUT2D eigenvalue weighted by Gasteiger charge is 2.27. The van der Waals surface area contributed by atoms with E-state index in [1.807, 2.05) is 36.1 Å². The number of carbonyl (C=O) groups is 1. The maximum Gasteiger partial charge on any atom is 0.227 e. The Morgan fingerprint density at radius 3 is 2.88 bits per heavy atom. The molecule has 1 aromatic carbocycles. The first-order valence-corrected chi connectivity index (χ1v) is 6.14. The Morgan fingerprint density at radius 1 is 1.47 bits per heavy atom. The first-order chi connectivity index (χ1) is 8.08. The van der Waals surface area contributed by atoms with Gasteiger partial charge in [0.2, 0.25) is 5.91 Å². The molecule has 3 nitrogen and oxygen atoms in total. The van der Waals surface area contributed by atoms with Gasteiger partial charge in [0.25, 0.3) is 0 Å². The summed E-state index contributed by atoms with van der Waals surface area (Å²) in [6.07, 6.45) is 0.641. The minimum Gasteiger partial charge on any atom is -0.487 e. The Balaban J connectivity index is 2.26. The van der Waals surface area contributed by atoms with Crippen LogP contribution in [0.4, 0.5) is 5.69 Å². The van der Waals surface area contributed by atoms with Gasteiger partial charge in [-0.1, -0.05) is 26.0 Å². The van der Waals surface area contributed by atoms with E-state index < -0.39 is 0 Å². The van der Waals surface area contributed by atoms with Gasteiger partial charge < -0.3 is 9.64 Å². The van der Waals surface area contributed by atoms with Crippen molar-refractivity contribution < 1.29 is 9.53 Å². The third-order valence-corrected chi connectivity index (χ3v) is 2.81. The van der Waals surface area contributed by atoms with E-state index in [1.165, 1.54) is 0 Å². The van der Waals surface area contributed by atoms with Gasteiger partial charge in [0.05, 0.1) is 12.2 Å². The van der Waals surface area contributed by atoms with E-state index in [-0.39, 0.29) is 12.0 Å². The highest BCUT2D eigenvalue weighted by Crippen LogP contribution is 2.33. The summed E-state index contributed by atoms with van der Waals surface area (Å²) in [5.74, 6) is 1.37. The lowest BCUT2D eigenvalue weighted by molar-refractivity contribution is -0.119. The van der Waals surface area contributed by atoms with Crippen LogP contribution in [0.5, 0.6) is 5.75 Å². The van der Waals surface area contributed by atoms with E-state index in [4.69, 9.17) is 4.74 Å². The van der Waals surface area contributed by atoms with E-state index in [1.54, 1.807) is 0 Å². The van der Waals surface area contributed by atoms with Gasteiger partial charge in [0, 0.05) is 6.42 Å². The molecule has 1 atom stereocenters. The topological polar surface area (TPSA) is 29.5 Å². The highest BCUT2D eigenvalue weighted by atomic mass is 16.5. The molecule has 0 bridgehead atoms. The number of nitrogens with zero attached hydrogens (tertiary/aromatic N) is 1. The summed E-state index contributed by atoms with van der Waals surface area (Å²) in [7, 11) is 0. The van der Waals surface area contributed by atoms with E-state index in [9.17, 15) is 4.79 Å². The lowest BCUT2D eigenvalue weighted by Gasteiger charge is -2.33. The largest absolute Gasteiger partial charge is 0.487 e. The van der Waals surface area contributed by atoms with Gasteiger partial charge in [0.15, 0.2) is 0 Å². The fraction of sp³-hybridized carbons (Fsp3) is 0.500. The zero-order valence-electron chi connectivity index (χ0n) is 10.6. The van der Waals surface area contributed by atoms with Crippen molar-refractivity contribution >= 4 is 11.6 Å². The van der Waals surface area contributed by atoms with Crippen molar-refractivity contribution in [1.82, 2.24) is 0 Å². The lowest BCUT2D eigenvalue weighted by atomic mass is 10.1. The van der Waals surface area contributed by atoms with Crippen LogP contribution in [-0.4, -0.2) is 18.6 Å². The molecule has 0 spiro atoms. The number of ether oxygens (including phenoxy) is 1. The maximum atomic E-state index is 12.2. The lowest BCUT2D eigenvalue weighted by Crippen LogP contribution is -2.42. The molecule has 0 aliphatic carbocycles. The van der Waals surface area contributed by atoms with Crippen LogP contribution in [0.15, 0.2) is 24.3 Å². The number of para-hydroxylation sites is 2. The summed E-state index contributed by atoms with van der Waals surface area (Å²) >= 11 is 0. The van der Waals surface area contributed by atoms with Crippen molar-refractivity contribution in [2.75, 3.05) is 11.4 Å². The molecular weight excluding hydrogens is 214 g/mol. The SMILES string of the molecule is CC(C)CC(=O)N1CC(C)Oc2ccccc21. The number of fused-ring (bicyclic) bond motifs is 1. The van der Waals surface area contributed by atoms with E-state index in [0.29, 0.717) is 18.9 Å². The van der Waals surface area contributed by atoms with Crippen molar-refractivity contribution in [3.05, 3.63) is 24.3 Å². The molecule has 0 saturated heterocycles.